The molecule has 1 nitrogen and oxygen atoms in total. The second-order valence-corrected chi connectivity index (χ2v) is 12.1. The third-order valence-corrected chi connectivity index (χ3v) is 7.91. The summed E-state index contributed by atoms with van der Waals surface area (Å²) >= 11 is 0. The third kappa shape index (κ3) is 5.26. The summed E-state index contributed by atoms with van der Waals surface area (Å²) in [6.07, 6.45) is 9.36. The zero-order chi connectivity index (χ0) is 15.1. The Bertz CT molecular complexity index is 401. The molecule has 1 aliphatic rings. The van der Waals surface area contributed by atoms with Crippen molar-refractivity contribution in [3.8, 4) is 0 Å². The Kier molecular flexibility index (Phi) is 6.50. The predicted molar refractivity (Wildman–Crippen MR) is 94.7 cm³/mol. The van der Waals surface area contributed by atoms with Crippen LogP contribution in [0.25, 0.3) is 0 Å². The molecule has 2 atom stereocenters. The summed E-state index contributed by atoms with van der Waals surface area (Å²) < 4.78 is 6.20. The van der Waals surface area contributed by atoms with Crippen molar-refractivity contribution >= 4 is 13.3 Å². The number of benzene rings is 1. The van der Waals surface area contributed by atoms with E-state index in [0.29, 0.717) is 0 Å². The maximum Gasteiger partial charge on any atom is 0.109 e. The quantitative estimate of drug-likeness (QED) is 0.543. The molecular formula is C19H32OSi. The molecule has 1 aliphatic carbocycles. The van der Waals surface area contributed by atoms with Gasteiger partial charge in [0, 0.05) is 12.8 Å². The Morgan fingerprint density at radius 2 is 1.71 bits per heavy atom. The molecule has 0 N–H and O–H groups in total. The zero-order valence-corrected chi connectivity index (χ0v) is 15.1. The number of hydrogen-bond donors (Lipinski definition) is 0. The van der Waals surface area contributed by atoms with Gasteiger partial charge in [0.2, 0.25) is 0 Å². The Balaban J connectivity index is 1.80. The Morgan fingerprint density at radius 3 is 2.38 bits per heavy atom. The van der Waals surface area contributed by atoms with Gasteiger partial charge in [-0.1, -0.05) is 81.2 Å². The minimum absolute atomic E-state index is 0.804. The van der Waals surface area contributed by atoms with Crippen LogP contribution in [0.3, 0.4) is 0 Å². The lowest BCUT2D eigenvalue weighted by Gasteiger charge is -2.25. The van der Waals surface area contributed by atoms with Gasteiger partial charge in [-0.2, -0.15) is 0 Å². The summed E-state index contributed by atoms with van der Waals surface area (Å²) in [6, 6.07) is 11.0. The first-order chi connectivity index (χ1) is 10.1. The van der Waals surface area contributed by atoms with Gasteiger partial charge in [0.05, 0.1) is 0 Å². The lowest BCUT2D eigenvalue weighted by molar-refractivity contribution is 0.118. The van der Waals surface area contributed by atoms with Crippen molar-refractivity contribution in [3.63, 3.8) is 0 Å². The van der Waals surface area contributed by atoms with E-state index in [1.807, 2.05) is 0 Å². The topological polar surface area (TPSA) is 9.23 Å². The first kappa shape index (κ1) is 16.8. The van der Waals surface area contributed by atoms with Crippen LogP contribution in [-0.4, -0.2) is 20.9 Å². The van der Waals surface area contributed by atoms with Crippen LogP contribution in [0.1, 0.15) is 45.4 Å². The van der Waals surface area contributed by atoms with Crippen molar-refractivity contribution in [2.24, 2.45) is 11.8 Å². The van der Waals surface area contributed by atoms with Crippen molar-refractivity contribution in [2.75, 3.05) is 12.8 Å². The maximum atomic E-state index is 6.20. The first-order valence-corrected chi connectivity index (χ1v) is 12.0. The lowest BCUT2D eigenvalue weighted by Crippen LogP contribution is -2.46. The molecule has 0 aliphatic heterocycles. The molecule has 2 unspecified atom stereocenters. The van der Waals surface area contributed by atoms with Crippen molar-refractivity contribution in [3.05, 3.63) is 30.3 Å². The van der Waals surface area contributed by atoms with Gasteiger partial charge in [-0.3, -0.25) is 0 Å². The molecule has 118 valence electrons. The lowest BCUT2D eigenvalue weighted by atomic mass is 9.92. The van der Waals surface area contributed by atoms with E-state index in [2.05, 4.69) is 50.3 Å². The number of hydrogen-bond acceptors (Lipinski definition) is 1. The Morgan fingerprint density at radius 1 is 1.05 bits per heavy atom. The van der Waals surface area contributed by atoms with Gasteiger partial charge in [0.1, 0.15) is 8.07 Å². The summed E-state index contributed by atoms with van der Waals surface area (Å²) in [4.78, 5) is 0. The minimum atomic E-state index is -1.42. The average Bonchev–Trinajstić information content (AvgIpc) is 2.73. The highest BCUT2D eigenvalue weighted by Gasteiger charge is 2.25. The largest absolute Gasteiger partial charge is 0.384 e. The van der Waals surface area contributed by atoms with Crippen LogP contribution in [-0.2, 0) is 4.74 Å². The minimum Gasteiger partial charge on any atom is -0.384 e. The molecule has 0 saturated heterocycles. The van der Waals surface area contributed by atoms with Crippen LogP contribution in [0.4, 0.5) is 0 Å². The van der Waals surface area contributed by atoms with Crippen molar-refractivity contribution in [1.29, 1.82) is 0 Å². The van der Waals surface area contributed by atoms with Gasteiger partial charge in [-0.15, -0.1) is 0 Å². The second kappa shape index (κ2) is 8.14. The van der Waals surface area contributed by atoms with E-state index in [1.165, 1.54) is 43.7 Å². The van der Waals surface area contributed by atoms with E-state index in [4.69, 9.17) is 4.74 Å². The molecule has 1 aromatic rings. The van der Waals surface area contributed by atoms with Crippen LogP contribution in [0.2, 0.25) is 13.1 Å². The molecule has 0 bridgehead atoms. The molecule has 0 amide bonds. The normalized spacial score (nSPS) is 23.8. The highest BCUT2D eigenvalue weighted by molar-refractivity contribution is 6.89. The molecule has 0 aromatic heterocycles. The van der Waals surface area contributed by atoms with E-state index < -0.39 is 8.07 Å². The van der Waals surface area contributed by atoms with Gasteiger partial charge in [-0.25, -0.2) is 0 Å². The van der Waals surface area contributed by atoms with Crippen molar-refractivity contribution < 1.29 is 4.74 Å². The maximum absolute atomic E-state index is 6.20. The van der Waals surface area contributed by atoms with E-state index in [1.54, 1.807) is 0 Å². The van der Waals surface area contributed by atoms with Gasteiger partial charge in [0.15, 0.2) is 0 Å². The average molecular weight is 305 g/mol. The predicted octanol–water partition coefficient (Wildman–Crippen LogP) is 4.76. The molecular weight excluding hydrogens is 272 g/mol. The smallest absolute Gasteiger partial charge is 0.109 e. The third-order valence-electron chi connectivity index (χ3n) is 5.09. The fraction of sp³-hybridized carbons (Fsp3) is 0.684. The second-order valence-electron chi connectivity index (χ2n) is 7.43. The van der Waals surface area contributed by atoms with E-state index >= 15 is 0 Å². The number of rotatable bonds is 6. The molecule has 1 fully saturated rings. The molecule has 0 spiro atoms. The standard InChI is InChI=1S/C19H32OSi/c1-4-17-10-8-9-11-18(14-17)15-20-16-21(2,3)19-12-6-5-7-13-19/h5-7,12-13,17-18H,4,8-11,14-16H2,1-3H3. The summed E-state index contributed by atoms with van der Waals surface area (Å²) in [5, 5.41) is 1.51. The fourth-order valence-electron chi connectivity index (χ4n) is 3.55. The van der Waals surface area contributed by atoms with Crippen LogP contribution >= 0.6 is 0 Å². The van der Waals surface area contributed by atoms with Gasteiger partial charge >= 0.3 is 0 Å². The zero-order valence-electron chi connectivity index (χ0n) is 14.1. The van der Waals surface area contributed by atoms with Gasteiger partial charge in [-0.05, 0) is 24.7 Å². The molecule has 0 heterocycles. The molecule has 2 rings (SSSR count). The summed E-state index contributed by atoms with van der Waals surface area (Å²) in [5.74, 6) is 1.75. The highest BCUT2D eigenvalue weighted by Crippen LogP contribution is 2.29. The van der Waals surface area contributed by atoms with Crippen molar-refractivity contribution in [1.82, 2.24) is 0 Å². The summed E-state index contributed by atoms with van der Waals surface area (Å²) in [7, 11) is -1.42. The van der Waals surface area contributed by atoms with E-state index in [9.17, 15) is 0 Å². The summed E-state index contributed by atoms with van der Waals surface area (Å²) in [6.45, 7) is 8.17. The first-order valence-electron chi connectivity index (χ1n) is 8.75. The van der Waals surface area contributed by atoms with Gasteiger partial charge < -0.3 is 4.74 Å². The molecule has 1 aromatic carbocycles. The van der Waals surface area contributed by atoms with E-state index in [-0.39, 0.29) is 0 Å². The van der Waals surface area contributed by atoms with Gasteiger partial charge in [0.25, 0.3) is 0 Å². The molecule has 21 heavy (non-hydrogen) atoms. The highest BCUT2D eigenvalue weighted by atomic mass is 28.3. The summed E-state index contributed by atoms with van der Waals surface area (Å²) in [5.41, 5.74) is 0. The van der Waals surface area contributed by atoms with Crippen LogP contribution in [0, 0.1) is 11.8 Å². The fourth-order valence-corrected chi connectivity index (χ4v) is 5.44. The van der Waals surface area contributed by atoms with Crippen LogP contribution < -0.4 is 5.19 Å². The van der Waals surface area contributed by atoms with E-state index in [0.717, 1.165) is 24.7 Å². The monoisotopic (exact) mass is 304 g/mol. The van der Waals surface area contributed by atoms with Crippen molar-refractivity contribution in [2.45, 2.75) is 58.5 Å². The Labute approximate surface area is 132 Å². The number of ether oxygens (including phenoxy) is 1. The Hall–Kier alpha value is -0.603. The molecule has 2 heteroatoms. The molecule has 0 radical (unpaired) electrons. The van der Waals surface area contributed by atoms with Crippen LogP contribution in [0.5, 0.6) is 0 Å². The molecule has 1 saturated carbocycles. The van der Waals surface area contributed by atoms with Crippen LogP contribution in [0.15, 0.2) is 30.3 Å². The SMILES string of the molecule is CCC1CCCCC(COC[Si](C)(C)c2ccccc2)C1.